The Morgan fingerprint density at radius 1 is 1.29 bits per heavy atom. The molecule has 6 nitrogen and oxygen atoms in total. The SMILES string of the molecule is COc1ccc(CCNC(=O)C(C)(C)N(C)C(=O)O)cc1. The molecule has 0 heterocycles. The first-order valence-electron chi connectivity index (χ1n) is 6.67. The van der Waals surface area contributed by atoms with Gasteiger partial charge in [-0.15, -0.1) is 0 Å². The van der Waals surface area contributed by atoms with Gasteiger partial charge < -0.3 is 15.2 Å². The maximum atomic E-state index is 12.1. The van der Waals surface area contributed by atoms with Crippen molar-refractivity contribution in [3.8, 4) is 5.75 Å². The Morgan fingerprint density at radius 3 is 2.33 bits per heavy atom. The van der Waals surface area contributed by atoms with E-state index in [-0.39, 0.29) is 5.91 Å². The number of carboxylic acid groups (broad SMARTS) is 1. The van der Waals surface area contributed by atoms with Crippen LogP contribution in [0.3, 0.4) is 0 Å². The molecule has 1 aromatic carbocycles. The van der Waals surface area contributed by atoms with E-state index in [0.717, 1.165) is 16.2 Å². The molecular weight excluding hydrogens is 272 g/mol. The fourth-order valence-corrected chi connectivity index (χ4v) is 1.72. The van der Waals surface area contributed by atoms with Crippen LogP contribution < -0.4 is 10.1 Å². The second-order valence-corrected chi connectivity index (χ2v) is 5.25. The number of likely N-dealkylation sites (N-methyl/N-ethyl adjacent to an activating group) is 1. The average Bonchev–Trinajstić information content (AvgIpc) is 2.46. The summed E-state index contributed by atoms with van der Waals surface area (Å²) in [6.45, 7) is 3.59. The number of hydrogen-bond donors (Lipinski definition) is 2. The normalized spacial score (nSPS) is 10.9. The summed E-state index contributed by atoms with van der Waals surface area (Å²) in [4.78, 5) is 24.0. The minimum absolute atomic E-state index is 0.319. The fraction of sp³-hybridized carbons (Fsp3) is 0.467. The van der Waals surface area contributed by atoms with Crippen LogP contribution in [-0.4, -0.2) is 48.2 Å². The Bertz CT molecular complexity index is 497. The van der Waals surface area contributed by atoms with Gasteiger partial charge in [0.05, 0.1) is 7.11 Å². The number of methoxy groups -OCH3 is 1. The first-order chi connectivity index (χ1) is 9.78. The van der Waals surface area contributed by atoms with E-state index in [9.17, 15) is 9.59 Å². The monoisotopic (exact) mass is 294 g/mol. The van der Waals surface area contributed by atoms with Crippen LogP contribution in [0, 0.1) is 0 Å². The number of benzene rings is 1. The molecule has 0 atom stereocenters. The van der Waals surface area contributed by atoms with Crippen LogP contribution in [0.4, 0.5) is 4.79 Å². The standard InChI is InChI=1S/C15H22N2O4/c1-15(2,17(3)14(19)20)13(18)16-10-9-11-5-7-12(21-4)8-6-11/h5-8H,9-10H2,1-4H3,(H,16,18)(H,19,20). The van der Waals surface area contributed by atoms with Gasteiger partial charge in [-0.2, -0.15) is 0 Å². The van der Waals surface area contributed by atoms with Gasteiger partial charge in [-0.3, -0.25) is 9.69 Å². The van der Waals surface area contributed by atoms with E-state index in [2.05, 4.69) is 5.32 Å². The zero-order valence-electron chi connectivity index (χ0n) is 12.8. The van der Waals surface area contributed by atoms with Gasteiger partial charge in [-0.05, 0) is 38.0 Å². The number of nitrogens with zero attached hydrogens (tertiary/aromatic N) is 1. The molecule has 0 bridgehead atoms. The van der Waals surface area contributed by atoms with Gasteiger partial charge in [0.1, 0.15) is 11.3 Å². The molecule has 0 aliphatic heterocycles. The van der Waals surface area contributed by atoms with Gasteiger partial charge in [0.25, 0.3) is 0 Å². The molecule has 2 amide bonds. The van der Waals surface area contributed by atoms with Crippen molar-refractivity contribution in [2.45, 2.75) is 25.8 Å². The summed E-state index contributed by atoms with van der Waals surface area (Å²) in [5.74, 6) is 0.466. The predicted octanol–water partition coefficient (Wildman–Crippen LogP) is 1.74. The van der Waals surface area contributed by atoms with Crippen molar-refractivity contribution in [1.29, 1.82) is 0 Å². The smallest absolute Gasteiger partial charge is 0.407 e. The Balaban J connectivity index is 2.50. The van der Waals surface area contributed by atoms with Crippen LogP contribution in [0.1, 0.15) is 19.4 Å². The predicted molar refractivity (Wildman–Crippen MR) is 79.6 cm³/mol. The largest absolute Gasteiger partial charge is 0.497 e. The van der Waals surface area contributed by atoms with Crippen molar-refractivity contribution in [2.24, 2.45) is 0 Å². The second kappa shape index (κ2) is 6.97. The summed E-state index contributed by atoms with van der Waals surface area (Å²) in [5, 5.41) is 11.7. The highest BCUT2D eigenvalue weighted by atomic mass is 16.5. The van der Waals surface area contributed by atoms with Gasteiger partial charge in [-0.1, -0.05) is 12.1 Å². The van der Waals surface area contributed by atoms with Gasteiger partial charge in [0.15, 0.2) is 0 Å². The van der Waals surface area contributed by atoms with Gasteiger partial charge in [0.2, 0.25) is 5.91 Å². The minimum atomic E-state index is -1.13. The summed E-state index contributed by atoms with van der Waals surface area (Å²) in [6, 6.07) is 7.58. The van der Waals surface area contributed by atoms with E-state index in [1.54, 1.807) is 21.0 Å². The van der Waals surface area contributed by atoms with E-state index in [0.29, 0.717) is 13.0 Å². The van der Waals surface area contributed by atoms with Gasteiger partial charge in [-0.25, -0.2) is 4.79 Å². The first-order valence-corrected chi connectivity index (χ1v) is 6.67. The third-order valence-electron chi connectivity index (χ3n) is 3.54. The van der Waals surface area contributed by atoms with Crippen LogP contribution >= 0.6 is 0 Å². The lowest BCUT2D eigenvalue weighted by Crippen LogP contribution is -2.55. The quantitative estimate of drug-likeness (QED) is 0.837. The summed E-state index contributed by atoms with van der Waals surface area (Å²) in [7, 11) is 2.99. The van der Waals surface area contributed by atoms with Crippen molar-refractivity contribution >= 4 is 12.0 Å². The molecule has 0 aliphatic carbocycles. The molecule has 2 N–H and O–H groups in total. The van der Waals surface area contributed by atoms with E-state index < -0.39 is 11.6 Å². The number of amides is 2. The first kappa shape index (κ1) is 16.8. The minimum Gasteiger partial charge on any atom is -0.497 e. The summed E-state index contributed by atoms with van der Waals surface area (Å²) in [5.41, 5.74) is -0.0355. The van der Waals surface area contributed by atoms with Crippen LogP contribution in [0.15, 0.2) is 24.3 Å². The van der Waals surface area contributed by atoms with E-state index in [1.165, 1.54) is 7.05 Å². The Hall–Kier alpha value is -2.24. The molecule has 0 aliphatic rings. The Labute approximate surface area is 124 Å². The molecule has 0 spiro atoms. The van der Waals surface area contributed by atoms with Crippen LogP contribution in [0.25, 0.3) is 0 Å². The van der Waals surface area contributed by atoms with Gasteiger partial charge >= 0.3 is 6.09 Å². The fourth-order valence-electron chi connectivity index (χ4n) is 1.72. The number of rotatable bonds is 6. The molecule has 1 aromatic rings. The highest BCUT2D eigenvalue weighted by Crippen LogP contribution is 2.13. The van der Waals surface area contributed by atoms with Crippen molar-refractivity contribution in [3.05, 3.63) is 29.8 Å². The number of carbonyl (C=O) groups excluding carboxylic acids is 1. The number of nitrogens with one attached hydrogen (secondary N) is 1. The summed E-state index contributed by atoms with van der Waals surface area (Å²) in [6.07, 6.45) is -0.465. The van der Waals surface area contributed by atoms with Gasteiger partial charge in [0, 0.05) is 13.6 Å². The van der Waals surface area contributed by atoms with Crippen LogP contribution in [-0.2, 0) is 11.2 Å². The maximum absolute atomic E-state index is 12.1. The lowest BCUT2D eigenvalue weighted by Gasteiger charge is -2.31. The molecule has 116 valence electrons. The zero-order chi connectivity index (χ0) is 16.0. The molecule has 0 aromatic heterocycles. The van der Waals surface area contributed by atoms with Crippen molar-refractivity contribution in [3.63, 3.8) is 0 Å². The Kier molecular flexibility index (Phi) is 5.58. The lowest BCUT2D eigenvalue weighted by molar-refractivity contribution is -0.130. The number of ether oxygens (including phenoxy) is 1. The van der Waals surface area contributed by atoms with E-state index >= 15 is 0 Å². The van der Waals surface area contributed by atoms with Crippen LogP contribution in [0.5, 0.6) is 5.75 Å². The topological polar surface area (TPSA) is 78.9 Å². The molecule has 0 saturated carbocycles. The summed E-state index contributed by atoms with van der Waals surface area (Å²) < 4.78 is 5.07. The number of hydrogen-bond acceptors (Lipinski definition) is 3. The van der Waals surface area contributed by atoms with Crippen molar-refractivity contribution < 1.29 is 19.4 Å². The van der Waals surface area contributed by atoms with Crippen molar-refractivity contribution in [2.75, 3.05) is 20.7 Å². The third-order valence-corrected chi connectivity index (χ3v) is 3.54. The molecule has 6 heteroatoms. The molecule has 1 rings (SSSR count). The molecule has 0 unspecified atom stereocenters. The molecular formula is C15H22N2O4. The van der Waals surface area contributed by atoms with Crippen LogP contribution in [0.2, 0.25) is 0 Å². The number of carbonyl (C=O) groups is 2. The summed E-state index contributed by atoms with van der Waals surface area (Å²) >= 11 is 0. The molecule has 0 saturated heterocycles. The molecule has 0 fully saturated rings. The molecule has 21 heavy (non-hydrogen) atoms. The van der Waals surface area contributed by atoms with Crippen molar-refractivity contribution in [1.82, 2.24) is 10.2 Å². The second-order valence-electron chi connectivity index (χ2n) is 5.25. The molecule has 0 radical (unpaired) electrons. The highest BCUT2D eigenvalue weighted by Gasteiger charge is 2.34. The third kappa shape index (κ3) is 4.37. The average molecular weight is 294 g/mol. The Morgan fingerprint density at radius 2 is 1.86 bits per heavy atom. The van der Waals surface area contributed by atoms with E-state index in [4.69, 9.17) is 9.84 Å². The lowest BCUT2D eigenvalue weighted by atomic mass is 10.0. The zero-order valence-corrected chi connectivity index (χ0v) is 12.8. The maximum Gasteiger partial charge on any atom is 0.407 e. The highest BCUT2D eigenvalue weighted by molar-refractivity contribution is 5.88. The van der Waals surface area contributed by atoms with E-state index in [1.807, 2.05) is 24.3 Å².